The molecule has 2 aromatic heterocycles. The van der Waals surface area contributed by atoms with Crippen LogP contribution >= 0.6 is 0 Å². The van der Waals surface area contributed by atoms with Crippen LogP contribution in [0.1, 0.15) is 15.9 Å². The first-order valence-electron chi connectivity index (χ1n) is 5.94. The Morgan fingerprint density at radius 1 is 1.40 bits per heavy atom. The van der Waals surface area contributed by atoms with Crippen LogP contribution in [0.2, 0.25) is 0 Å². The van der Waals surface area contributed by atoms with Gasteiger partial charge >= 0.3 is 5.97 Å². The van der Waals surface area contributed by atoms with Gasteiger partial charge in [0.05, 0.1) is 5.56 Å². The number of benzene rings is 1. The Kier molecular flexibility index (Phi) is 3.00. The largest absolute Gasteiger partial charge is 0.478 e. The van der Waals surface area contributed by atoms with E-state index in [9.17, 15) is 4.79 Å². The molecule has 3 aromatic rings. The Balaban J connectivity index is 1.81. The minimum atomic E-state index is -0.940. The summed E-state index contributed by atoms with van der Waals surface area (Å²) in [5.41, 5.74) is 1.74. The predicted molar refractivity (Wildman–Crippen MR) is 71.5 cm³/mol. The first-order chi connectivity index (χ1) is 9.74. The molecule has 7 nitrogen and oxygen atoms in total. The molecule has 0 radical (unpaired) electrons. The van der Waals surface area contributed by atoms with Gasteiger partial charge < -0.3 is 10.4 Å². The van der Waals surface area contributed by atoms with E-state index in [4.69, 9.17) is 5.11 Å². The van der Waals surface area contributed by atoms with E-state index in [2.05, 4.69) is 20.5 Å². The highest BCUT2D eigenvalue weighted by atomic mass is 16.4. The van der Waals surface area contributed by atoms with Gasteiger partial charge in [0, 0.05) is 18.9 Å². The smallest absolute Gasteiger partial charge is 0.335 e. The molecule has 100 valence electrons. The van der Waals surface area contributed by atoms with Gasteiger partial charge in [-0.1, -0.05) is 12.1 Å². The van der Waals surface area contributed by atoms with Crippen LogP contribution in [0, 0.1) is 0 Å². The highest BCUT2D eigenvalue weighted by Crippen LogP contribution is 2.12. The third-order valence-electron chi connectivity index (χ3n) is 2.85. The second-order valence-corrected chi connectivity index (χ2v) is 4.20. The quantitative estimate of drug-likeness (QED) is 0.744. The van der Waals surface area contributed by atoms with Crippen LogP contribution < -0.4 is 5.32 Å². The maximum atomic E-state index is 10.9. The Labute approximate surface area is 113 Å². The molecule has 0 bridgehead atoms. The number of rotatable bonds is 4. The topological polar surface area (TPSA) is 92.4 Å². The number of nitrogens with one attached hydrogen (secondary N) is 1. The van der Waals surface area contributed by atoms with Gasteiger partial charge in [0.15, 0.2) is 5.82 Å². The van der Waals surface area contributed by atoms with E-state index in [0.29, 0.717) is 18.0 Å². The summed E-state index contributed by atoms with van der Waals surface area (Å²) in [7, 11) is 0. The average Bonchev–Trinajstić information content (AvgIpc) is 2.94. The lowest BCUT2D eigenvalue weighted by Gasteiger charge is -2.06. The molecule has 0 saturated heterocycles. The van der Waals surface area contributed by atoms with E-state index in [-0.39, 0.29) is 5.56 Å². The highest BCUT2D eigenvalue weighted by Gasteiger charge is 2.06. The molecule has 3 rings (SSSR count). The van der Waals surface area contributed by atoms with Crippen molar-refractivity contribution in [3.05, 3.63) is 54.1 Å². The normalized spacial score (nSPS) is 10.6. The predicted octanol–water partition coefficient (Wildman–Crippen LogP) is 1.43. The highest BCUT2D eigenvalue weighted by molar-refractivity contribution is 5.87. The molecule has 1 aromatic carbocycles. The molecule has 2 N–H and O–H groups in total. The van der Waals surface area contributed by atoms with Crippen LogP contribution in [0.5, 0.6) is 0 Å². The van der Waals surface area contributed by atoms with Crippen molar-refractivity contribution in [1.29, 1.82) is 0 Å². The summed E-state index contributed by atoms with van der Waals surface area (Å²) in [6, 6.07) is 6.75. The number of carboxylic acids is 1. The molecule has 0 aliphatic heterocycles. The Hall–Kier alpha value is -2.96. The zero-order valence-corrected chi connectivity index (χ0v) is 10.4. The molecule has 0 aliphatic rings. The van der Waals surface area contributed by atoms with Gasteiger partial charge in [-0.2, -0.15) is 0 Å². The second-order valence-electron chi connectivity index (χ2n) is 4.20. The lowest BCUT2D eigenvalue weighted by atomic mass is 10.1. The number of carboxylic acid groups (broad SMARTS) is 1. The fourth-order valence-electron chi connectivity index (χ4n) is 1.88. The minimum absolute atomic E-state index is 0.262. The van der Waals surface area contributed by atoms with Gasteiger partial charge in [0.1, 0.15) is 6.33 Å². The van der Waals surface area contributed by atoms with Gasteiger partial charge in [-0.3, -0.25) is 4.40 Å². The third-order valence-corrected chi connectivity index (χ3v) is 2.85. The van der Waals surface area contributed by atoms with Crippen molar-refractivity contribution >= 4 is 17.4 Å². The number of aromatic nitrogens is 4. The number of hydrogen-bond acceptors (Lipinski definition) is 5. The lowest BCUT2D eigenvalue weighted by molar-refractivity contribution is 0.0697. The van der Waals surface area contributed by atoms with E-state index in [0.717, 1.165) is 5.56 Å². The van der Waals surface area contributed by atoms with Gasteiger partial charge in [0.2, 0.25) is 5.65 Å². The minimum Gasteiger partial charge on any atom is -0.478 e. The van der Waals surface area contributed by atoms with Crippen molar-refractivity contribution in [3.8, 4) is 0 Å². The molecule has 0 saturated carbocycles. The molecule has 20 heavy (non-hydrogen) atoms. The summed E-state index contributed by atoms with van der Waals surface area (Å²) >= 11 is 0. The van der Waals surface area contributed by atoms with Crippen molar-refractivity contribution in [2.75, 3.05) is 5.32 Å². The molecule has 0 unspecified atom stereocenters. The Morgan fingerprint density at radius 2 is 2.30 bits per heavy atom. The fraction of sp³-hybridized carbons (Fsp3) is 0.0769. The number of hydrogen-bond donors (Lipinski definition) is 2. The van der Waals surface area contributed by atoms with Gasteiger partial charge in [0.25, 0.3) is 0 Å². The molecule has 2 heterocycles. The SMILES string of the molecule is O=C(O)c1cccc(CNc2nccn3cnnc23)c1. The maximum absolute atomic E-state index is 10.9. The Bertz CT molecular complexity index is 768. The van der Waals surface area contributed by atoms with Crippen molar-refractivity contribution in [3.63, 3.8) is 0 Å². The number of anilines is 1. The summed E-state index contributed by atoms with van der Waals surface area (Å²) in [6.45, 7) is 0.459. The molecule has 0 aliphatic carbocycles. The summed E-state index contributed by atoms with van der Waals surface area (Å²) in [5.74, 6) is -0.338. The number of aromatic carboxylic acids is 1. The zero-order valence-electron chi connectivity index (χ0n) is 10.4. The lowest BCUT2D eigenvalue weighted by Crippen LogP contribution is -2.05. The van der Waals surface area contributed by atoms with Crippen LogP contribution in [0.15, 0.2) is 43.0 Å². The van der Waals surface area contributed by atoms with E-state index in [1.807, 2.05) is 6.07 Å². The molecule has 0 amide bonds. The van der Waals surface area contributed by atoms with E-state index >= 15 is 0 Å². The summed E-state index contributed by atoms with van der Waals surface area (Å²) in [5, 5.41) is 19.9. The molecular weight excluding hydrogens is 258 g/mol. The van der Waals surface area contributed by atoms with Crippen LogP contribution in [-0.2, 0) is 6.54 Å². The van der Waals surface area contributed by atoms with E-state index in [1.54, 1.807) is 41.3 Å². The first-order valence-corrected chi connectivity index (χ1v) is 5.94. The summed E-state index contributed by atoms with van der Waals surface area (Å²) < 4.78 is 1.75. The van der Waals surface area contributed by atoms with Crippen molar-refractivity contribution in [1.82, 2.24) is 19.6 Å². The second kappa shape index (κ2) is 4.96. The summed E-state index contributed by atoms with van der Waals surface area (Å²) in [4.78, 5) is 15.1. The fourth-order valence-corrected chi connectivity index (χ4v) is 1.88. The molecular formula is C13H11N5O2. The maximum Gasteiger partial charge on any atom is 0.335 e. The average molecular weight is 269 g/mol. The van der Waals surface area contributed by atoms with Crippen LogP contribution in [0.25, 0.3) is 5.65 Å². The summed E-state index contributed by atoms with van der Waals surface area (Å²) in [6.07, 6.45) is 4.99. The molecule has 0 fully saturated rings. The van der Waals surface area contributed by atoms with Crippen molar-refractivity contribution in [2.45, 2.75) is 6.54 Å². The molecule has 0 atom stereocenters. The number of fused-ring (bicyclic) bond motifs is 1. The van der Waals surface area contributed by atoms with E-state index in [1.165, 1.54) is 0 Å². The van der Waals surface area contributed by atoms with Crippen molar-refractivity contribution in [2.24, 2.45) is 0 Å². The van der Waals surface area contributed by atoms with Gasteiger partial charge in [-0.05, 0) is 17.7 Å². The molecule has 0 spiro atoms. The zero-order chi connectivity index (χ0) is 13.9. The third kappa shape index (κ3) is 2.28. The van der Waals surface area contributed by atoms with Crippen LogP contribution in [0.4, 0.5) is 5.82 Å². The van der Waals surface area contributed by atoms with Crippen molar-refractivity contribution < 1.29 is 9.90 Å². The van der Waals surface area contributed by atoms with E-state index < -0.39 is 5.97 Å². The Morgan fingerprint density at radius 3 is 3.15 bits per heavy atom. The number of carbonyl (C=O) groups is 1. The first kappa shape index (κ1) is 12.1. The van der Waals surface area contributed by atoms with Gasteiger partial charge in [-0.15, -0.1) is 10.2 Å². The van der Waals surface area contributed by atoms with Gasteiger partial charge in [-0.25, -0.2) is 9.78 Å². The molecule has 7 heteroatoms. The monoisotopic (exact) mass is 269 g/mol. The standard InChI is InChI=1S/C13H11N5O2/c19-13(20)10-3-1-2-9(6-10)7-15-11-12-17-16-8-18(12)5-4-14-11/h1-6,8H,7H2,(H,14,15)(H,19,20). The number of nitrogens with zero attached hydrogens (tertiary/aromatic N) is 4. The van der Waals surface area contributed by atoms with Crippen LogP contribution in [-0.4, -0.2) is 30.7 Å². The van der Waals surface area contributed by atoms with Crippen LogP contribution in [0.3, 0.4) is 0 Å².